The minimum Gasteiger partial charge on any atom is -0.357 e. The summed E-state index contributed by atoms with van der Waals surface area (Å²) in [7, 11) is 2.10. The van der Waals surface area contributed by atoms with Gasteiger partial charge in [0.15, 0.2) is 0 Å². The number of rotatable bonds is 5. The summed E-state index contributed by atoms with van der Waals surface area (Å²) in [6.07, 6.45) is 2.55. The van der Waals surface area contributed by atoms with Crippen LogP contribution in [-0.4, -0.2) is 47.6 Å². The minimum absolute atomic E-state index is 0.477. The summed E-state index contributed by atoms with van der Waals surface area (Å²) in [4.78, 5) is 14.7. The zero-order chi connectivity index (χ0) is 14.8. The summed E-state index contributed by atoms with van der Waals surface area (Å²) in [5, 5.41) is 3.15. The molecule has 2 aromatic heterocycles. The Bertz CT molecular complexity index is 613. The fourth-order valence-corrected chi connectivity index (χ4v) is 3.87. The summed E-state index contributed by atoms with van der Waals surface area (Å²) < 4.78 is 0. The maximum Gasteiger partial charge on any atom is 0.240 e. The number of nitrogen functional groups attached to an aromatic ring is 1. The van der Waals surface area contributed by atoms with Gasteiger partial charge in [-0.05, 0) is 37.4 Å². The predicted octanol–water partition coefficient (Wildman–Crippen LogP) is 1.90. The molecule has 1 saturated heterocycles. The number of nitrogens with two attached hydrogens (primary N) is 1. The van der Waals surface area contributed by atoms with Gasteiger partial charge in [-0.1, -0.05) is 6.92 Å². The van der Waals surface area contributed by atoms with Crippen molar-refractivity contribution in [1.82, 2.24) is 14.9 Å². The molecule has 1 fully saturated rings. The number of nitrogens with zero attached hydrogens (tertiary/aromatic N) is 4. The van der Waals surface area contributed by atoms with Crippen LogP contribution in [0.3, 0.4) is 0 Å². The Morgan fingerprint density at radius 2 is 2.38 bits per heavy atom. The molecule has 0 saturated carbocycles. The zero-order valence-corrected chi connectivity index (χ0v) is 13.4. The standard InChI is InChI=1S/C14H22N6S/c1-3-20-7-4-5-10(20)9-19(2)12-11-6-8-21-13(11)17-14(16-12)18-15/h6,8,10H,3-5,7,9,15H2,1-2H3,(H,16,17,18). The Kier molecular flexibility index (Phi) is 4.23. The maximum atomic E-state index is 5.49. The molecule has 0 radical (unpaired) electrons. The molecule has 3 rings (SSSR count). The van der Waals surface area contributed by atoms with Crippen LogP contribution in [0.1, 0.15) is 19.8 Å². The van der Waals surface area contributed by atoms with Crippen molar-refractivity contribution < 1.29 is 0 Å². The van der Waals surface area contributed by atoms with Gasteiger partial charge >= 0.3 is 0 Å². The van der Waals surface area contributed by atoms with Crippen molar-refractivity contribution in [2.24, 2.45) is 5.84 Å². The zero-order valence-electron chi connectivity index (χ0n) is 12.5. The highest BCUT2D eigenvalue weighted by Crippen LogP contribution is 2.29. The van der Waals surface area contributed by atoms with E-state index >= 15 is 0 Å². The molecule has 3 N–H and O–H groups in total. The van der Waals surface area contributed by atoms with Crippen LogP contribution in [0.5, 0.6) is 0 Å². The van der Waals surface area contributed by atoms with Crippen molar-refractivity contribution in [3.8, 4) is 0 Å². The molecule has 21 heavy (non-hydrogen) atoms. The van der Waals surface area contributed by atoms with Crippen molar-refractivity contribution >= 4 is 33.3 Å². The third-order valence-electron chi connectivity index (χ3n) is 4.19. The smallest absolute Gasteiger partial charge is 0.240 e. The van der Waals surface area contributed by atoms with E-state index in [-0.39, 0.29) is 0 Å². The number of hydrogen-bond acceptors (Lipinski definition) is 7. The number of hydrogen-bond donors (Lipinski definition) is 2. The Hall–Kier alpha value is -1.44. The van der Waals surface area contributed by atoms with Crippen LogP contribution in [-0.2, 0) is 0 Å². The molecule has 0 aromatic carbocycles. The third kappa shape index (κ3) is 2.81. The predicted molar refractivity (Wildman–Crippen MR) is 88.8 cm³/mol. The van der Waals surface area contributed by atoms with Crippen molar-refractivity contribution in [2.45, 2.75) is 25.8 Å². The molecule has 0 amide bonds. The van der Waals surface area contributed by atoms with Gasteiger partial charge in [0.1, 0.15) is 10.6 Å². The first-order chi connectivity index (χ1) is 10.2. The van der Waals surface area contributed by atoms with E-state index in [0.717, 1.165) is 29.1 Å². The lowest BCUT2D eigenvalue weighted by molar-refractivity contribution is 0.270. The Labute approximate surface area is 128 Å². The molecule has 1 aliphatic rings. The second-order valence-corrected chi connectivity index (χ2v) is 6.35. The number of anilines is 2. The SMILES string of the molecule is CCN1CCCC1CN(C)c1nc(NN)nc2sccc12. The van der Waals surface area contributed by atoms with Crippen LogP contribution < -0.4 is 16.2 Å². The maximum absolute atomic E-state index is 5.49. The minimum atomic E-state index is 0.477. The van der Waals surface area contributed by atoms with Crippen molar-refractivity contribution in [2.75, 3.05) is 37.0 Å². The van der Waals surface area contributed by atoms with Crippen LogP contribution in [0.15, 0.2) is 11.4 Å². The molecule has 1 atom stereocenters. The van der Waals surface area contributed by atoms with E-state index in [4.69, 9.17) is 5.84 Å². The van der Waals surface area contributed by atoms with Gasteiger partial charge in [-0.2, -0.15) is 4.98 Å². The van der Waals surface area contributed by atoms with E-state index in [0.29, 0.717) is 12.0 Å². The highest BCUT2D eigenvalue weighted by Gasteiger charge is 2.25. The van der Waals surface area contributed by atoms with Gasteiger partial charge in [-0.3, -0.25) is 10.3 Å². The lowest BCUT2D eigenvalue weighted by Crippen LogP contribution is -2.39. The van der Waals surface area contributed by atoms with Crippen molar-refractivity contribution in [3.05, 3.63) is 11.4 Å². The Balaban J connectivity index is 1.86. The molecule has 0 bridgehead atoms. The molecule has 1 unspecified atom stereocenters. The van der Waals surface area contributed by atoms with E-state index in [2.05, 4.69) is 45.2 Å². The Morgan fingerprint density at radius 3 is 3.14 bits per heavy atom. The average Bonchev–Trinajstić information content (AvgIpc) is 3.14. The topological polar surface area (TPSA) is 70.3 Å². The molecule has 3 heterocycles. The molecular weight excluding hydrogens is 284 g/mol. The number of likely N-dealkylation sites (tertiary alicyclic amines) is 1. The van der Waals surface area contributed by atoms with Gasteiger partial charge in [0, 0.05) is 19.6 Å². The van der Waals surface area contributed by atoms with E-state index in [1.54, 1.807) is 11.3 Å². The number of nitrogens with one attached hydrogen (secondary N) is 1. The highest BCUT2D eigenvalue weighted by atomic mass is 32.1. The van der Waals surface area contributed by atoms with Gasteiger partial charge < -0.3 is 4.90 Å². The van der Waals surface area contributed by atoms with Gasteiger partial charge in [0.25, 0.3) is 0 Å². The summed E-state index contributed by atoms with van der Waals surface area (Å²) >= 11 is 1.61. The lowest BCUT2D eigenvalue weighted by atomic mass is 10.2. The molecule has 0 spiro atoms. The molecule has 1 aliphatic heterocycles. The van der Waals surface area contributed by atoms with Crippen molar-refractivity contribution in [1.29, 1.82) is 0 Å². The van der Waals surface area contributed by atoms with Gasteiger partial charge in [0.05, 0.1) is 5.39 Å². The van der Waals surface area contributed by atoms with Crippen LogP contribution in [0.25, 0.3) is 10.2 Å². The van der Waals surface area contributed by atoms with Gasteiger partial charge in [0.2, 0.25) is 5.95 Å². The normalized spacial score (nSPS) is 19.3. The summed E-state index contributed by atoms with van der Waals surface area (Å²) in [6, 6.07) is 2.69. The largest absolute Gasteiger partial charge is 0.357 e. The number of aromatic nitrogens is 2. The Morgan fingerprint density at radius 1 is 1.52 bits per heavy atom. The fourth-order valence-electron chi connectivity index (χ4n) is 3.12. The van der Waals surface area contributed by atoms with Crippen LogP contribution in [0, 0.1) is 0 Å². The monoisotopic (exact) mass is 306 g/mol. The van der Waals surface area contributed by atoms with Crippen molar-refractivity contribution in [3.63, 3.8) is 0 Å². The van der Waals surface area contributed by atoms with Crippen LogP contribution in [0.2, 0.25) is 0 Å². The van der Waals surface area contributed by atoms with E-state index in [9.17, 15) is 0 Å². The first-order valence-electron chi connectivity index (χ1n) is 7.40. The number of fused-ring (bicyclic) bond motifs is 1. The summed E-state index contributed by atoms with van der Waals surface area (Å²) in [6.45, 7) is 5.55. The molecular formula is C14H22N6S. The lowest BCUT2D eigenvalue weighted by Gasteiger charge is -2.28. The highest BCUT2D eigenvalue weighted by molar-refractivity contribution is 7.16. The van der Waals surface area contributed by atoms with E-state index in [1.807, 2.05) is 5.38 Å². The molecule has 7 heteroatoms. The van der Waals surface area contributed by atoms with Gasteiger partial charge in [-0.15, -0.1) is 11.3 Å². The van der Waals surface area contributed by atoms with Gasteiger partial charge in [-0.25, -0.2) is 10.8 Å². The average molecular weight is 306 g/mol. The van der Waals surface area contributed by atoms with E-state index < -0.39 is 0 Å². The summed E-state index contributed by atoms with van der Waals surface area (Å²) in [5.41, 5.74) is 2.57. The molecule has 0 aliphatic carbocycles. The first kappa shape index (κ1) is 14.5. The fraction of sp³-hybridized carbons (Fsp3) is 0.571. The number of hydrazine groups is 1. The first-order valence-corrected chi connectivity index (χ1v) is 8.28. The molecule has 114 valence electrons. The molecule has 6 nitrogen and oxygen atoms in total. The second kappa shape index (κ2) is 6.13. The quantitative estimate of drug-likeness (QED) is 0.649. The van der Waals surface area contributed by atoms with Crippen LogP contribution in [0.4, 0.5) is 11.8 Å². The second-order valence-electron chi connectivity index (χ2n) is 5.46. The third-order valence-corrected chi connectivity index (χ3v) is 4.99. The van der Waals surface area contributed by atoms with Crippen LogP contribution >= 0.6 is 11.3 Å². The number of thiophene rings is 1. The number of likely N-dealkylation sites (N-methyl/N-ethyl adjacent to an activating group) is 2. The van der Waals surface area contributed by atoms with E-state index in [1.165, 1.54) is 19.4 Å². The summed E-state index contributed by atoms with van der Waals surface area (Å²) in [5.74, 6) is 6.92. The molecule has 2 aromatic rings.